The molecular weight excluding hydrogens is 370 g/mol. The molecule has 0 saturated carbocycles. The maximum Gasteiger partial charge on any atom is 0.255 e. The standard InChI is InChI=1S/C23H29NO5/c1-7-27-22-20(28-14(2)3)11-18(12-21(22)29-15(4)5)23(26)24-19-9-8-17(13-25)16(6)10-19/h8-15H,7H2,1-6H3,(H,24,26). The van der Waals surface area contributed by atoms with Crippen LogP contribution in [0.5, 0.6) is 17.2 Å². The fraction of sp³-hybridized carbons (Fsp3) is 0.391. The maximum atomic E-state index is 12.9. The predicted octanol–water partition coefficient (Wildman–Crippen LogP) is 5.03. The predicted molar refractivity (Wildman–Crippen MR) is 114 cm³/mol. The zero-order valence-electron chi connectivity index (χ0n) is 17.9. The average Bonchev–Trinajstić information content (AvgIpc) is 2.63. The molecular formula is C23H29NO5. The quantitative estimate of drug-likeness (QED) is 0.599. The Morgan fingerprint density at radius 1 is 1.03 bits per heavy atom. The van der Waals surface area contributed by atoms with Crippen molar-refractivity contribution in [2.24, 2.45) is 0 Å². The van der Waals surface area contributed by atoms with Gasteiger partial charge in [0.2, 0.25) is 5.75 Å². The first kappa shape index (κ1) is 22.3. The van der Waals surface area contributed by atoms with E-state index in [0.717, 1.165) is 11.8 Å². The van der Waals surface area contributed by atoms with Crippen molar-refractivity contribution >= 4 is 17.9 Å². The van der Waals surface area contributed by atoms with E-state index < -0.39 is 0 Å². The van der Waals surface area contributed by atoms with E-state index in [0.29, 0.717) is 40.7 Å². The third kappa shape index (κ3) is 5.98. The van der Waals surface area contributed by atoms with Crippen LogP contribution in [0.4, 0.5) is 5.69 Å². The zero-order valence-corrected chi connectivity index (χ0v) is 17.9. The number of rotatable bonds is 9. The van der Waals surface area contributed by atoms with E-state index in [1.165, 1.54) is 0 Å². The highest BCUT2D eigenvalue weighted by molar-refractivity contribution is 6.05. The van der Waals surface area contributed by atoms with Crippen LogP contribution in [-0.2, 0) is 0 Å². The second kappa shape index (κ2) is 9.96. The summed E-state index contributed by atoms with van der Waals surface area (Å²) in [5, 5.41) is 2.86. The summed E-state index contributed by atoms with van der Waals surface area (Å²) in [6, 6.07) is 8.44. The van der Waals surface area contributed by atoms with Gasteiger partial charge in [0.25, 0.3) is 5.91 Å². The number of anilines is 1. The largest absolute Gasteiger partial charge is 0.487 e. The molecule has 0 fully saturated rings. The van der Waals surface area contributed by atoms with Crippen LogP contribution < -0.4 is 19.5 Å². The van der Waals surface area contributed by atoms with Gasteiger partial charge in [0.05, 0.1) is 18.8 Å². The normalized spacial score (nSPS) is 10.8. The van der Waals surface area contributed by atoms with Gasteiger partial charge in [-0.2, -0.15) is 0 Å². The molecule has 0 bridgehead atoms. The number of aldehydes is 1. The molecule has 156 valence electrons. The topological polar surface area (TPSA) is 73.9 Å². The molecule has 0 aliphatic heterocycles. The Labute approximate surface area is 172 Å². The molecule has 2 aromatic rings. The number of hydrogen-bond donors (Lipinski definition) is 1. The Balaban J connectivity index is 2.42. The number of carbonyl (C=O) groups excluding carboxylic acids is 2. The first-order valence-corrected chi connectivity index (χ1v) is 9.76. The molecule has 0 radical (unpaired) electrons. The monoisotopic (exact) mass is 399 g/mol. The van der Waals surface area contributed by atoms with Crippen molar-refractivity contribution in [3.05, 3.63) is 47.0 Å². The van der Waals surface area contributed by atoms with Crippen molar-refractivity contribution in [1.82, 2.24) is 0 Å². The van der Waals surface area contributed by atoms with Crippen LogP contribution in [0.2, 0.25) is 0 Å². The van der Waals surface area contributed by atoms with Gasteiger partial charge in [-0.3, -0.25) is 9.59 Å². The van der Waals surface area contributed by atoms with E-state index in [9.17, 15) is 9.59 Å². The molecule has 0 atom stereocenters. The Kier molecular flexibility index (Phi) is 7.65. The van der Waals surface area contributed by atoms with Crippen LogP contribution in [0, 0.1) is 6.92 Å². The Hall–Kier alpha value is -3.02. The van der Waals surface area contributed by atoms with E-state index in [-0.39, 0.29) is 18.1 Å². The molecule has 2 rings (SSSR count). The minimum atomic E-state index is -0.312. The molecule has 6 heteroatoms. The van der Waals surface area contributed by atoms with Gasteiger partial charge in [0.1, 0.15) is 6.29 Å². The molecule has 29 heavy (non-hydrogen) atoms. The van der Waals surface area contributed by atoms with Gasteiger partial charge < -0.3 is 19.5 Å². The van der Waals surface area contributed by atoms with Gasteiger partial charge >= 0.3 is 0 Å². The number of aryl methyl sites for hydroxylation is 1. The van der Waals surface area contributed by atoms with Gasteiger partial charge in [-0.25, -0.2) is 0 Å². The molecule has 1 amide bonds. The lowest BCUT2D eigenvalue weighted by Crippen LogP contribution is -2.16. The molecule has 0 aromatic heterocycles. The van der Waals surface area contributed by atoms with E-state index in [2.05, 4.69) is 5.32 Å². The molecule has 0 aliphatic rings. The second-order valence-corrected chi connectivity index (χ2v) is 7.21. The van der Waals surface area contributed by atoms with Crippen molar-refractivity contribution in [2.75, 3.05) is 11.9 Å². The summed E-state index contributed by atoms with van der Waals surface area (Å²) in [7, 11) is 0. The van der Waals surface area contributed by atoms with Crippen molar-refractivity contribution in [3.63, 3.8) is 0 Å². The molecule has 0 unspecified atom stereocenters. The first-order valence-electron chi connectivity index (χ1n) is 9.76. The van der Waals surface area contributed by atoms with Gasteiger partial charge in [-0.1, -0.05) is 0 Å². The number of amides is 1. The average molecular weight is 399 g/mol. The lowest BCUT2D eigenvalue weighted by molar-refractivity contribution is 0.102. The van der Waals surface area contributed by atoms with Crippen molar-refractivity contribution in [2.45, 2.75) is 53.8 Å². The third-order valence-corrected chi connectivity index (χ3v) is 3.95. The van der Waals surface area contributed by atoms with E-state index in [4.69, 9.17) is 14.2 Å². The summed E-state index contributed by atoms with van der Waals surface area (Å²) < 4.78 is 17.5. The number of benzene rings is 2. The van der Waals surface area contributed by atoms with Crippen LogP contribution in [0.1, 0.15) is 60.9 Å². The van der Waals surface area contributed by atoms with Crippen molar-refractivity contribution < 1.29 is 23.8 Å². The molecule has 2 aromatic carbocycles. The molecule has 0 saturated heterocycles. The number of carbonyl (C=O) groups is 2. The van der Waals surface area contributed by atoms with E-state index in [1.54, 1.807) is 30.3 Å². The number of hydrogen-bond acceptors (Lipinski definition) is 5. The minimum absolute atomic E-state index is 0.0991. The van der Waals surface area contributed by atoms with Crippen LogP contribution in [0.25, 0.3) is 0 Å². The lowest BCUT2D eigenvalue weighted by Gasteiger charge is -2.20. The summed E-state index contributed by atoms with van der Waals surface area (Å²) in [5.74, 6) is 1.08. The van der Waals surface area contributed by atoms with Gasteiger partial charge in [-0.15, -0.1) is 0 Å². The van der Waals surface area contributed by atoms with Crippen molar-refractivity contribution in [3.8, 4) is 17.2 Å². The lowest BCUT2D eigenvalue weighted by atomic mass is 10.1. The highest BCUT2D eigenvalue weighted by Gasteiger charge is 2.20. The SMILES string of the molecule is CCOc1c(OC(C)C)cc(C(=O)Nc2ccc(C=O)c(C)c2)cc1OC(C)C. The molecule has 0 aliphatic carbocycles. The number of ether oxygens (including phenoxy) is 3. The van der Waals surface area contributed by atoms with Crippen molar-refractivity contribution in [1.29, 1.82) is 0 Å². The number of nitrogens with one attached hydrogen (secondary N) is 1. The minimum Gasteiger partial charge on any atom is -0.487 e. The molecule has 0 spiro atoms. The molecule has 1 N–H and O–H groups in total. The zero-order chi connectivity index (χ0) is 21.6. The highest BCUT2D eigenvalue weighted by Crippen LogP contribution is 2.40. The summed E-state index contributed by atoms with van der Waals surface area (Å²) in [6.07, 6.45) is 0.592. The Morgan fingerprint density at radius 2 is 1.62 bits per heavy atom. The smallest absolute Gasteiger partial charge is 0.255 e. The fourth-order valence-corrected chi connectivity index (χ4v) is 2.77. The summed E-state index contributed by atoms with van der Waals surface area (Å²) in [6.45, 7) is 11.8. The maximum absolute atomic E-state index is 12.9. The Bertz CT molecular complexity index is 843. The van der Waals surface area contributed by atoms with Crippen LogP contribution in [0.15, 0.2) is 30.3 Å². The van der Waals surface area contributed by atoms with Gasteiger partial charge in [0, 0.05) is 16.8 Å². The fourth-order valence-electron chi connectivity index (χ4n) is 2.77. The van der Waals surface area contributed by atoms with Gasteiger partial charge in [-0.05, 0) is 77.4 Å². The highest BCUT2D eigenvalue weighted by atomic mass is 16.5. The molecule has 6 nitrogen and oxygen atoms in total. The summed E-state index contributed by atoms with van der Waals surface area (Å²) in [5.41, 5.74) is 2.36. The van der Waals surface area contributed by atoms with Gasteiger partial charge in [0.15, 0.2) is 11.5 Å². The van der Waals surface area contributed by atoms with Crippen LogP contribution in [0.3, 0.4) is 0 Å². The van der Waals surface area contributed by atoms with Crippen LogP contribution in [-0.4, -0.2) is 31.0 Å². The first-order chi connectivity index (χ1) is 13.7. The second-order valence-electron chi connectivity index (χ2n) is 7.21. The molecule has 0 heterocycles. The third-order valence-electron chi connectivity index (χ3n) is 3.95. The van der Waals surface area contributed by atoms with Crippen LogP contribution >= 0.6 is 0 Å². The van der Waals surface area contributed by atoms with E-state index in [1.807, 2.05) is 41.5 Å². The van der Waals surface area contributed by atoms with E-state index >= 15 is 0 Å². The Morgan fingerprint density at radius 3 is 2.07 bits per heavy atom. The summed E-state index contributed by atoms with van der Waals surface area (Å²) >= 11 is 0. The summed E-state index contributed by atoms with van der Waals surface area (Å²) in [4.78, 5) is 23.9.